The van der Waals surface area contributed by atoms with E-state index in [1.54, 1.807) is 0 Å². The molecule has 0 aromatic carbocycles. The van der Waals surface area contributed by atoms with Gasteiger partial charge in [0, 0.05) is 6.04 Å². The van der Waals surface area contributed by atoms with E-state index in [1.165, 1.54) is 63.7 Å². The van der Waals surface area contributed by atoms with Gasteiger partial charge in [0.1, 0.15) is 0 Å². The van der Waals surface area contributed by atoms with Gasteiger partial charge in [0.15, 0.2) is 0 Å². The summed E-state index contributed by atoms with van der Waals surface area (Å²) >= 11 is 1.97. The lowest BCUT2D eigenvalue weighted by molar-refractivity contribution is 0.337. The molecule has 1 aliphatic rings. The standard InChI is InChI=1S/C16H33NS/c1-14(2)15-8-7-9-16(11-10-15)17-12-5-4-6-13-18-3/h14-17H,4-13H2,1-3H3. The highest BCUT2D eigenvalue weighted by Crippen LogP contribution is 2.28. The highest BCUT2D eigenvalue weighted by atomic mass is 32.2. The molecular weight excluding hydrogens is 238 g/mol. The Hall–Kier alpha value is 0.310. The van der Waals surface area contributed by atoms with Crippen LogP contribution in [0.3, 0.4) is 0 Å². The van der Waals surface area contributed by atoms with Gasteiger partial charge in [0.2, 0.25) is 0 Å². The summed E-state index contributed by atoms with van der Waals surface area (Å²) in [7, 11) is 0. The number of rotatable bonds is 8. The van der Waals surface area contributed by atoms with Crippen LogP contribution in [0, 0.1) is 11.8 Å². The van der Waals surface area contributed by atoms with Crippen molar-refractivity contribution in [2.24, 2.45) is 11.8 Å². The molecule has 2 atom stereocenters. The fraction of sp³-hybridized carbons (Fsp3) is 1.00. The minimum atomic E-state index is 0.814. The van der Waals surface area contributed by atoms with Gasteiger partial charge in [-0.05, 0) is 62.5 Å². The molecule has 0 bridgehead atoms. The van der Waals surface area contributed by atoms with E-state index in [0.29, 0.717) is 0 Å². The second kappa shape index (κ2) is 10.1. The Morgan fingerprint density at radius 3 is 2.61 bits per heavy atom. The molecule has 108 valence electrons. The minimum Gasteiger partial charge on any atom is -0.314 e. The maximum absolute atomic E-state index is 3.79. The Morgan fingerprint density at radius 1 is 1.06 bits per heavy atom. The van der Waals surface area contributed by atoms with Gasteiger partial charge in [-0.25, -0.2) is 0 Å². The lowest BCUT2D eigenvalue weighted by atomic mass is 9.89. The van der Waals surface area contributed by atoms with E-state index >= 15 is 0 Å². The third-order valence-electron chi connectivity index (χ3n) is 4.41. The Bertz CT molecular complexity index is 194. The predicted molar refractivity (Wildman–Crippen MR) is 85.4 cm³/mol. The topological polar surface area (TPSA) is 12.0 Å². The molecule has 0 radical (unpaired) electrons. The summed E-state index contributed by atoms with van der Waals surface area (Å²) in [5.74, 6) is 3.20. The van der Waals surface area contributed by atoms with Gasteiger partial charge in [-0.1, -0.05) is 33.1 Å². The molecule has 0 heterocycles. The van der Waals surface area contributed by atoms with Crippen molar-refractivity contribution in [2.75, 3.05) is 18.6 Å². The molecule has 0 aliphatic heterocycles. The molecule has 0 aromatic heterocycles. The first kappa shape index (κ1) is 16.4. The number of hydrogen-bond acceptors (Lipinski definition) is 2. The van der Waals surface area contributed by atoms with Crippen LogP contribution in [0.4, 0.5) is 0 Å². The summed E-state index contributed by atoms with van der Waals surface area (Å²) in [4.78, 5) is 0. The van der Waals surface area contributed by atoms with Gasteiger partial charge < -0.3 is 5.32 Å². The average molecular weight is 272 g/mol. The van der Waals surface area contributed by atoms with Crippen molar-refractivity contribution < 1.29 is 0 Å². The Labute approximate surface area is 119 Å². The van der Waals surface area contributed by atoms with Crippen LogP contribution in [0.25, 0.3) is 0 Å². The quantitative estimate of drug-likeness (QED) is 0.506. The summed E-state index contributed by atoms with van der Waals surface area (Å²) in [6, 6.07) is 0.814. The molecular formula is C16H33NS. The minimum absolute atomic E-state index is 0.814. The van der Waals surface area contributed by atoms with Crippen molar-refractivity contribution in [3.05, 3.63) is 0 Å². The molecule has 1 nitrogen and oxygen atoms in total. The zero-order valence-corrected chi connectivity index (χ0v) is 13.5. The van der Waals surface area contributed by atoms with Gasteiger partial charge in [0.05, 0.1) is 0 Å². The molecule has 0 amide bonds. The molecule has 2 unspecified atom stereocenters. The summed E-state index contributed by atoms with van der Waals surface area (Å²) in [5.41, 5.74) is 0. The zero-order chi connectivity index (χ0) is 13.2. The van der Waals surface area contributed by atoms with E-state index < -0.39 is 0 Å². The molecule has 0 aromatic rings. The van der Waals surface area contributed by atoms with Gasteiger partial charge >= 0.3 is 0 Å². The van der Waals surface area contributed by atoms with Crippen LogP contribution in [0.1, 0.15) is 65.2 Å². The van der Waals surface area contributed by atoms with Crippen molar-refractivity contribution in [1.82, 2.24) is 5.32 Å². The molecule has 1 N–H and O–H groups in total. The molecule has 1 aliphatic carbocycles. The SMILES string of the molecule is CSCCCCCNC1CCCC(C(C)C)CC1. The van der Waals surface area contributed by atoms with Gasteiger partial charge in [-0.15, -0.1) is 0 Å². The van der Waals surface area contributed by atoms with E-state index in [1.807, 2.05) is 11.8 Å². The van der Waals surface area contributed by atoms with Crippen LogP contribution >= 0.6 is 11.8 Å². The van der Waals surface area contributed by atoms with Crippen LogP contribution in [0.15, 0.2) is 0 Å². The third-order valence-corrected chi connectivity index (χ3v) is 5.11. The fourth-order valence-electron chi connectivity index (χ4n) is 3.06. The lowest BCUT2D eigenvalue weighted by Crippen LogP contribution is -2.29. The highest BCUT2D eigenvalue weighted by Gasteiger charge is 2.20. The highest BCUT2D eigenvalue weighted by molar-refractivity contribution is 7.98. The largest absolute Gasteiger partial charge is 0.314 e. The number of nitrogens with one attached hydrogen (secondary N) is 1. The van der Waals surface area contributed by atoms with Gasteiger partial charge in [-0.2, -0.15) is 11.8 Å². The fourth-order valence-corrected chi connectivity index (χ4v) is 3.55. The Balaban J connectivity index is 2.05. The van der Waals surface area contributed by atoms with E-state index in [0.717, 1.165) is 17.9 Å². The number of thioether (sulfide) groups is 1. The van der Waals surface area contributed by atoms with E-state index in [-0.39, 0.29) is 0 Å². The molecule has 0 saturated heterocycles. The first-order valence-electron chi connectivity index (χ1n) is 7.96. The van der Waals surface area contributed by atoms with Crippen molar-refractivity contribution in [2.45, 2.75) is 71.3 Å². The van der Waals surface area contributed by atoms with Crippen LogP contribution in [0.5, 0.6) is 0 Å². The molecule has 18 heavy (non-hydrogen) atoms. The Kier molecular flexibility index (Phi) is 9.22. The molecule has 1 fully saturated rings. The van der Waals surface area contributed by atoms with Crippen molar-refractivity contribution >= 4 is 11.8 Å². The summed E-state index contributed by atoms with van der Waals surface area (Å²) in [6.45, 7) is 6.03. The summed E-state index contributed by atoms with van der Waals surface area (Å²) in [6.07, 6.45) is 13.5. The first-order chi connectivity index (χ1) is 8.74. The third kappa shape index (κ3) is 7.04. The van der Waals surface area contributed by atoms with E-state index in [4.69, 9.17) is 0 Å². The van der Waals surface area contributed by atoms with Crippen molar-refractivity contribution in [1.29, 1.82) is 0 Å². The van der Waals surface area contributed by atoms with Crippen LogP contribution < -0.4 is 5.32 Å². The van der Waals surface area contributed by atoms with Gasteiger partial charge in [-0.3, -0.25) is 0 Å². The predicted octanol–water partition coefficient (Wildman–Crippen LogP) is 4.71. The second-order valence-corrected chi connectivity index (χ2v) is 7.20. The van der Waals surface area contributed by atoms with E-state index in [2.05, 4.69) is 25.4 Å². The second-order valence-electron chi connectivity index (χ2n) is 6.22. The summed E-state index contributed by atoms with van der Waals surface area (Å²) in [5, 5.41) is 3.79. The normalized spacial score (nSPS) is 25.3. The number of unbranched alkanes of at least 4 members (excludes halogenated alkanes) is 2. The average Bonchev–Trinajstić information content (AvgIpc) is 2.59. The molecule has 1 saturated carbocycles. The zero-order valence-electron chi connectivity index (χ0n) is 12.7. The van der Waals surface area contributed by atoms with Crippen LogP contribution in [-0.2, 0) is 0 Å². The first-order valence-corrected chi connectivity index (χ1v) is 9.35. The monoisotopic (exact) mass is 271 g/mol. The summed E-state index contributed by atoms with van der Waals surface area (Å²) < 4.78 is 0. The van der Waals surface area contributed by atoms with Gasteiger partial charge in [0.25, 0.3) is 0 Å². The molecule has 2 heteroatoms. The maximum atomic E-state index is 3.79. The molecule has 1 rings (SSSR count). The van der Waals surface area contributed by atoms with Crippen molar-refractivity contribution in [3.8, 4) is 0 Å². The maximum Gasteiger partial charge on any atom is 0.00671 e. The Morgan fingerprint density at radius 2 is 1.89 bits per heavy atom. The van der Waals surface area contributed by atoms with Crippen LogP contribution in [-0.4, -0.2) is 24.6 Å². The van der Waals surface area contributed by atoms with E-state index in [9.17, 15) is 0 Å². The van der Waals surface area contributed by atoms with Crippen molar-refractivity contribution in [3.63, 3.8) is 0 Å². The lowest BCUT2D eigenvalue weighted by Gasteiger charge is -2.19. The molecule has 0 spiro atoms. The van der Waals surface area contributed by atoms with Crippen LogP contribution in [0.2, 0.25) is 0 Å². The number of hydrogen-bond donors (Lipinski definition) is 1. The smallest absolute Gasteiger partial charge is 0.00671 e.